The molecule has 6 nitrogen and oxygen atoms in total. The van der Waals surface area contributed by atoms with Gasteiger partial charge in [-0.15, -0.1) is 0 Å². The number of hydrogen-bond acceptors (Lipinski definition) is 3. The fraction of sp³-hybridized carbons (Fsp3) is 0.400. The molecule has 0 atom stereocenters. The minimum Gasteiger partial charge on any atom is -0.370 e. The Morgan fingerprint density at radius 2 is 2.07 bits per heavy atom. The maximum atomic E-state index is 14.0. The molecule has 0 saturated carbocycles. The highest BCUT2D eigenvalue weighted by atomic mass is 19.1. The second kappa shape index (κ2) is 6.49. The number of fused-ring (bicyclic) bond motifs is 1. The molecule has 1 N–H and O–H groups in total. The second-order valence-corrected chi connectivity index (χ2v) is 7.19. The molecule has 1 aliphatic heterocycles. The third kappa shape index (κ3) is 2.82. The number of nitrogens with one attached hydrogen (secondary N) is 1. The maximum absolute atomic E-state index is 14.0. The van der Waals surface area contributed by atoms with Crippen LogP contribution < -0.4 is 0 Å². The Morgan fingerprint density at radius 1 is 1.33 bits per heavy atom. The number of hydrogen-bond donors (Lipinski definition) is 1. The van der Waals surface area contributed by atoms with Crippen LogP contribution in [0.15, 0.2) is 30.6 Å². The van der Waals surface area contributed by atoms with Crippen molar-refractivity contribution in [3.63, 3.8) is 0 Å². The summed E-state index contributed by atoms with van der Waals surface area (Å²) < 4.78 is 21.8. The molecule has 1 aliphatic rings. The molecule has 4 rings (SSSR count). The lowest BCUT2D eigenvalue weighted by atomic mass is 9.90. The second-order valence-electron chi connectivity index (χ2n) is 7.19. The molecular weight excluding hydrogens is 347 g/mol. The van der Waals surface area contributed by atoms with Crippen LogP contribution >= 0.6 is 0 Å². The van der Waals surface area contributed by atoms with Gasteiger partial charge < -0.3 is 19.2 Å². The molecule has 1 fully saturated rings. The number of aryl methyl sites for hydroxylation is 2. The number of nitrogens with zero attached hydrogens (tertiary/aromatic N) is 3. The van der Waals surface area contributed by atoms with Crippen LogP contribution in [-0.4, -0.2) is 45.5 Å². The van der Waals surface area contributed by atoms with Gasteiger partial charge in [0.15, 0.2) is 0 Å². The standard InChI is InChI=1S/C20H23FN4O2/c1-13-4-5-15(21)17-14(13)12-16(23-17)18(26)25-9-6-20(27-3,7-10-25)19-22-8-11-24(19)2/h4-5,8,11-12,23H,6-7,9-10H2,1-3H3. The summed E-state index contributed by atoms with van der Waals surface area (Å²) in [4.78, 5) is 22.1. The van der Waals surface area contributed by atoms with E-state index < -0.39 is 5.60 Å². The normalized spacial score (nSPS) is 16.8. The number of aromatic amines is 1. The Kier molecular flexibility index (Phi) is 4.26. The zero-order chi connectivity index (χ0) is 19.2. The highest BCUT2D eigenvalue weighted by molar-refractivity contribution is 5.99. The van der Waals surface area contributed by atoms with Crippen molar-refractivity contribution in [3.05, 3.63) is 53.5 Å². The average molecular weight is 370 g/mol. The van der Waals surface area contributed by atoms with Crippen LogP contribution in [0.3, 0.4) is 0 Å². The molecule has 3 aromatic rings. The topological polar surface area (TPSA) is 63.1 Å². The van der Waals surface area contributed by atoms with Crippen molar-refractivity contribution in [1.29, 1.82) is 0 Å². The molecule has 2 aromatic heterocycles. The van der Waals surface area contributed by atoms with Gasteiger partial charge in [0.2, 0.25) is 0 Å². The molecule has 1 saturated heterocycles. The van der Waals surface area contributed by atoms with Gasteiger partial charge in [0.05, 0.1) is 5.52 Å². The van der Waals surface area contributed by atoms with Gasteiger partial charge in [-0.1, -0.05) is 6.07 Å². The number of likely N-dealkylation sites (tertiary alicyclic amines) is 1. The molecule has 0 spiro atoms. The first kappa shape index (κ1) is 17.7. The predicted octanol–water partition coefficient (Wildman–Crippen LogP) is 3.13. The van der Waals surface area contributed by atoms with E-state index in [1.807, 2.05) is 24.7 Å². The monoisotopic (exact) mass is 370 g/mol. The Bertz CT molecular complexity index is 960. The van der Waals surface area contributed by atoms with E-state index in [1.54, 1.807) is 30.3 Å². The van der Waals surface area contributed by atoms with Crippen molar-refractivity contribution >= 4 is 16.8 Å². The number of ether oxygens (including phenoxy) is 1. The third-order valence-electron chi connectivity index (χ3n) is 5.67. The van der Waals surface area contributed by atoms with E-state index in [0.29, 0.717) is 37.1 Å². The van der Waals surface area contributed by atoms with Crippen molar-refractivity contribution in [2.75, 3.05) is 20.2 Å². The van der Waals surface area contributed by atoms with Crippen LogP contribution in [0.5, 0.6) is 0 Å². The molecule has 1 aromatic carbocycles. The number of rotatable bonds is 3. The molecule has 0 aliphatic carbocycles. The first-order valence-corrected chi connectivity index (χ1v) is 9.05. The summed E-state index contributed by atoms with van der Waals surface area (Å²) in [5, 5.41) is 0.745. The lowest BCUT2D eigenvalue weighted by molar-refractivity contribution is -0.0654. The van der Waals surface area contributed by atoms with E-state index in [1.165, 1.54) is 6.07 Å². The Balaban J connectivity index is 1.56. The fourth-order valence-electron chi connectivity index (χ4n) is 4.01. The maximum Gasteiger partial charge on any atom is 0.270 e. The minimum absolute atomic E-state index is 0.116. The van der Waals surface area contributed by atoms with Crippen LogP contribution in [0.25, 0.3) is 10.9 Å². The quantitative estimate of drug-likeness (QED) is 0.770. The first-order chi connectivity index (χ1) is 12.9. The van der Waals surface area contributed by atoms with Crippen molar-refractivity contribution in [1.82, 2.24) is 19.4 Å². The summed E-state index contributed by atoms with van der Waals surface area (Å²) in [5.41, 5.74) is 1.25. The minimum atomic E-state index is -0.488. The van der Waals surface area contributed by atoms with E-state index >= 15 is 0 Å². The van der Waals surface area contributed by atoms with Crippen molar-refractivity contribution in [3.8, 4) is 0 Å². The van der Waals surface area contributed by atoms with E-state index in [-0.39, 0.29) is 11.7 Å². The van der Waals surface area contributed by atoms with Gasteiger partial charge >= 0.3 is 0 Å². The Morgan fingerprint density at radius 3 is 2.67 bits per heavy atom. The lowest BCUT2D eigenvalue weighted by Crippen LogP contribution is -2.47. The predicted molar refractivity (Wildman–Crippen MR) is 100 cm³/mol. The summed E-state index contributed by atoms with van der Waals surface area (Å²) in [6.45, 7) is 3.01. The van der Waals surface area contributed by atoms with Crippen LogP contribution in [0.1, 0.15) is 34.7 Å². The summed E-state index contributed by atoms with van der Waals surface area (Å²) in [5.74, 6) is 0.413. The highest BCUT2D eigenvalue weighted by Gasteiger charge is 2.40. The molecule has 3 heterocycles. The SMILES string of the molecule is COC1(c2nccn2C)CCN(C(=O)c2cc3c(C)ccc(F)c3[nH]2)CC1. The Labute approximate surface area is 156 Å². The van der Waals surface area contributed by atoms with Crippen LogP contribution in [0.4, 0.5) is 4.39 Å². The van der Waals surface area contributed by atoms with Gasteiger partial charge in [0.25, 0.3) is 5.91 Å². The zero-order valence-corrected chi connectivity index (χ0v) is 15.8. The van der Waals surface area contributed by atoms with Crippen molar-refractivity contribution < 1.29 is 13.9 Å². The van der Waals surface area contributed by atoms with Crippen molar-refractivity contribution in [2.24, 2.45) is 7.05 Å². The third-order valence-corrected chi connectivity index (χ3v) is 5.67. The lowest BCUT2D eigenvalue weighted by Gasteiger charge is -2.40. The number of benzene rings is 1. The number of imidazole rings is 1. The largest absolute Gasteiger partial charge is 0.370 e. The zero-order valence-electron chi connectivity index (χ0n) is 15.8. The average Bonchev–Trinajstić information content (AvgIpc) is 3.32. The fourth-order valence-corrected chi connectivity index (χ4v) is 4.01. The van der Waals surface area contributed by atoms with E-state index in [2.05, 4.69) is 9.97 Å². The molecule has 0 radical (unpaired) electrons. The van der Waals surface area contributed by atoms with Crippen LogP contribution in [0, 0.1) is 12.7 Å². The number of aromatic nitrogens is 3. The van der Waals surface area contributed by atoms with Gasteiger partial charge in [0, 0.05) is 57.9 Å². The van der Waals surface area contributed by atoms with Crippen LogP contribution in [-0.2, 0) is 17.4 Å². The number of carbonyl (C=O) groups is 1. The number of methoxy groups -OCH3 is 1. The van der Waals surface area contributed by atoms with Gasteiger partial charge in [-0.2, -0.15) is 0 Å². The number of H-pyrrole nitrogens is 1. The smallest absolute Gasteiger partial charge is 0.270 e. The molecular formula is C20H23FN4O2. The molecule has 7 heteroatoms. The first-order valence-electron chi connectivity index (χ1n) is 9.05. The van der Waals surface area contributed by atoms with Crippen molar-refractivity contribution in [2.45, 2.75) is 25.4 Å². The summed E-state index contributed by atoms with van der Waals surface area (Å²) in [7, 11) is 3.64. The molecule has 1 amide bonds. The molecule has 27 heavy (non-hydrogen) atoms. The Hall–Kier alpha value is -2.67. The van der Waals surface area contributed by atoms with E-state index in [4.69, 9.17) is 4.74 Å². The molecule has 0 unspecified atom stereocenters. The van der Waals surface area contributed by atoms with E-state index in [9.17, 15) is 9.18 Å². The van der Waals surface area contributed by atoms with Gasteiger partial charge in [-0.3, -0.25) is 4.79 Å². The number of halogens is 1. The summed E-state index contributed by atoms with van der Waals surface area (Å²) in [6, 6.07) is 4.89. The number of amides is 1. The number of carbonyl (C=O) groups excluding carboxylic acids is 1. The molecule has 142 valence electrons. The van der Waals surface area contributed by atoms with Gasteiger partial charge in [-0.05, 0) is 24.6 Å². The van der Waals surface area contributed by atoms with E-state index in [0.717, 1.165) is 16.8 Å². The van der Waals surface area contributed by atoms with Gasteiger partial charge in [-0.25, -0.2) is 9.37 Å². The summed E-state index contributed by atoms with van der Waals surface area (Å²) in [6.07, 6.45) is 4.98. The summed E-state index contributed by atoms with van der Waals surface area (Å²) >= 11 is 0. The number of piperidine rings is 1. The van der Waals surface area contributed by atoms with Crippen LogP contribution in [0.2, 0.25) is 0 Å². The highest BCUT2D eigenvalue weighted by Crippen LogP contribution is 2.35. The van der Waals surface area contributed by atoms with Gasteiger partial charge in [0.1, 0.15) is 22.9 Å². The molecule has 0 bridgehead atoms.